The number of hydrogen-bond acceptors (Lipinski definition) is 1. The number of carbonyl (C=O) groups is 1. The summed E-state index contributed by atoms with van der Waals surface area (Å²) in [6, 6.07) is 0. The lowest BCUT2D eigenvalue weighted by Gasteiger charge is -2.54. The first kappa shape index (κ1) is 11.9. The molecule has 0 bridgehead atoms. The van der Waals surface area contributed by atoms with Crippen molar-refractivity contribution in [2.45, 2.75) is 52.9 Å². The van der Waals surface area contributed by atoms with Gasteiger partial charge in [-0.05, 0) is 56.3 Å². The van der Waals surface area contributed by atoms with Gasteiger partial charge in [-0.1, -0.05) is 26.0 Å². The lowest BCUT2D eigenvalue weighted by atomic mass is 9.51. The minimum atomic E-state index is 0.300. The highest BCUT2D eigenvalue weighted by Gasteiger charge is 2.48. The molecule has 0 spiro atoms. The average Bonchev–Trinajstić information content (AvgIpc) is 2.16. The fraction of sp³-hybridized carbons (Fsp3) is 0.800. The van der Waals surface area contributed by atoms with Crippen LogP contribution in [0.5, 0.6) is 0 Å². The van der Waals surface area contributed by atoms with Crippen molar-refractivity contribution in [1.29, 1.82) is 0 Å². The molecule has 0 unspecified atom stereocenters. The third kappa shape index (κ3) is 1.97. The number of allylic oxidation sites excluding steroid dienone is 1. The first-order valence-electron chi connectivity index (χ1n) is 6.60. The zero-order valence-corrected chi connectivity index (χ0v) is 10.9. The van der Waals surface area contributed by atoms with Crippen molar-refractivity contribution in [2.24, 2.45) is 23.2 Å². The van der Waals surface area contributed by atoms with E-state index in [0.717, 1.165) is 31.1 Å². The monoisotopic (exact) mass is 220 g/mol. The normalized spacial score (nSPS) is 37.9. The number of ketones is 1. The van der Waals surface area contributed by atoms with Crippen molar-refractivity contribution in [2.75, 3.05) is 0 Å². The second kappa shape index (κ2) is 4.01. The van der Waals surface area contributed by atoms with Gasteiger partial charge in [-0.2, -0.15) is 0 Å². The van der Waals surface area contributed by atoms with Crippen LogP contribution in [0.3, 0.4) is 0 Å². The third-order valence-electron chi connectivity index (χ3n) is 4.97. The molecule has 3 atom stereocenters. The van der Waals surface area contributed by atoms with E-state index in [1.807, 2.05) is 0 Å². The van der Waals surface area contributed by atoms with Crippen LogP contribution < -0.4 is 0 Å². The van der Waals surface area contributed by atoms with Crippen LogP contribution in [0.15, 0.2) is 12.2 Å². The summed E-state index contributed by atoms with van der Waals surface area (Å²) >= 11 is 0. The van der Waals surface area contributed by atoms with Crippen LogP contribution in [0, 0.1) is 23.2 Å². The highest BCUT2D eigenvalue weighted by atomic mass is 16.1. The Morgan fingerprint density at radius 3 is 2.56 bits per heavy atom. The zero-order valence-electron chi connectivity index (χ0n) is 10.9. The van der Waals surface area contributed by atoms with Crippen molar-refractivity contribution < 1.29 is 4.79 Å². The molecule has 2 aliphatic carbocycles. The Morgan fingerprint density at radius 1 is 1.31 bits per heavy atom. The maximum absolute atomic E-state index is 11.5. The van der Waals surface area contributed by atoms with E-state index in [1.54, 1.807) is 6.92 Å². The van der Waals surface area contributed by atoms with Gasteiger partial charge in [-0.25, -0.2) is 0 Å². The van der Waals surface area contributed by atoms with Crippen LogP contribution in [0.2, 0.25) is 0 Å². The summed E-state index contributed by atoms with van der Waals surface area (Å²) in [5.74, 6) is 2.21. The standard InChI is InChI=1S/C15H24O/c1-10-5-6-12(11(2)16)7-8-14-13(10)9-15(14,3)4/h12-14H,1,5-9H2,2-4H3/t12-,13+,14+/m0/s1. The molecule has 0 saturated heterocycles. The summed E-state index contributed by atoms with van der Waals surface area (Å²) in [6.07, 6.45) is 5.74. The van der Waals surface area contributed by atoms with Crippen LogP contribution >= 0.6 is 0 Å². The van der Waals surface area contributed by atoms with Crippen LogP contribution in [0.25, 0.3) is 0 Å². The highest BCUT2D eigenvalue weighted by molar-refractivity contribution is 5.78. The smallest absolute Gasteiger partial charge is 0.132 e. The van der Waals surface area contributed by atoms with E-state index in [1.165, 1.54) is 18.4 Å². The van der Waals surface area contributed by atoms with E-state index in [0.29, 0.717) is 17.1 Å². The second-order valence-corrected chi connectivity index (χ2v) is 6.49. The van der Waals surface area contributed by atoms with Gasteiger partial charge in [0.2, 0.25) is 0 Å². The predicted molar refractivity (Wildman–Crippen MR) is 67.2 cm³/mol. The Hall–Kier alpha value is -0.590. The number of carbonyl (C=O) groups excluding carboxylic acids is 1. The molecule has 0 aromatic rings. The third-order valence-corrected chi connectivity index (χ3v) is 4.97. The van der Waals surface area contributed by atoms with Gasteiger partial charge in [0.25, 0.3) is 0 Å². The molecule has 2 saturated carbocycles. The van der Waals surface area contributed by atoms with Gasteiger partial charge in [-0.15, -0.1) is 0 Å². The molecule has 0 aromatic carbocycles. The molecule has 1 nitrogen and oxygen atoms in total. The summed E-state index contributed by atoms with van der Waals surface area (Å²) < 4.78 is 0. The van der Waals surface area contributed by atoms with Gasteiger partial charge in [0.15, 0.2) is 0 Å². The average molecular weight is 220 g/mol. The zero-order chi connectivity index (χ0) is 11.9. The molecule has 2 aliphatic rings. The Bertz CT molecular complexity index is 313. The van der Waals surface area contributed by atoms with Crippen LogP contribution in [-0.2, 0) is 4.79 Å². The van der Waals surface area contributed by atoms with Gasteiger partial charge in [-0.3, -0.25) is 4.79 Å². The van der Waals surface area contributed by atoms with Crippen LogP contribution in [0.4, 0.5) is 0 Å². The maximum atomic E-state index is 11.5. The van der Waals surface area contributed by atoms with E-state index in [-0.39, 0.29) is 0 Å². The van der Waals surface area contributed by atoms with Gasteiger partial charge in [0.05, 0.1) is 0 Å². The quantitative estimate of drug-likeness (QED) is 0.611. The first-order chi connectivity index (χ1) is 7.42. The number of rotatable bonds is 1. The maximum Gasteiger partial charge on any atom is 0.132 e. The highest BCUT2D eigenvalue weighted by Crippen LogP contribution is 2.57. The predicted octanol–water partition coefficient (Wildman–Crippen LogP) is 3.98. The SMILES string of the molecule is C=C1CC[C@H](C(C)=O)CC[C@@H]2[C@@H]1CC2(C)C. The molecule has 2 fully saturated rings. The van der Waals surface area contributed by atoms with Crippen molar-refractivity contribution in [3.8, 4) is 0 Å². The minimum Gasteiger partial charge on any atom is -0.300 e. The second-order valence-electron chi connectivity index (χ2n) is 6.49. The molecule has 0 aliphatic heterocycles. The van der Waals surface area contributed by atoms with Gasteiger partial charge in [0, 0.05) is 5.92 Å². The molecular formula is C15H24O. The van der Waals surface area contributed by atoms with Crippen LogP contribution in [0.1, 0.15) is 52.9 Å². The first-order valence-corrected chi connectivity index (χ1v) is 6.60. The topological polar surface area (TPSA) is 17.1 Å². The number of hydrogen-bond donors (Lipinski definition) is 0. The summed E-state index contributed by atoms with van der Waals surface area (Å²) in [5.41, 5.74) is 1.89. The van der Waals surface area contributed by atoms with Crippen LogP contribution in [-0.4, -0.2) is 5.78 Å². The van der Waals surface area contributed by atoms with Crippen molar-refractivity contribution in [1.82, 2.24) is 0 Å². The van der Waals surface area contributed by atoms with Crippen molar-refractivity contribution in [3.05, 3.63) is 12.2 Å². The Labute approximate surface area is 99.3 Å². The van der Waals surface area contributed by atoms with Gasteiger partial charge < -0.3 is 0 Å². The fourth-order valence-electron chi connectivity index (χ4n) is 3.74. The number of fused-ring (bicyclic) bond motifs is 1. The molecule has 1 heteroatoms. The summed E-state index contributed by atoms with van der Waals surface area (Å²) in [5, 5.41) is 0. The van der Waals surface area contributed by atoms with E-state index in [4.69, 9.17) is 0 Å². The molecule has 0 radical (unpaired) electrons. The molecule has 0 amide bonds. The Balaban J connectivity index is 2.07. The molecule has 16 heavy (non-hydrogen) atoms. The lowest BCUT2D eigenvalue weighted by Crippen LogP contribution is -2.45. The molecule has 0 heterocycles. The number of Topliss-reactive ketones (excluding diaryl/α,β-unsaturated/α-hetero) is 1. The van der Waals surface area contributed by atoms with E-state index in [2.05, 4.69) is 20.4 Å². The summed E-state index contributed by atoms with van der Waals surface area (Å²) in [4.78, 5) is 11.5. The van der Waals surface area contributed by atoms with Crippen molar-refractivity contribution >= 4 is 5.78 Å². The fourth-order valence-corrected chi connectivity index (χ4v) is 3.74. The lowest BCUT2D eigenvalue weighted by molar-refractivity contribution is -0.122. The molecule has 90 valence electrons. The minimum absolute atomic E-state index is 0.300. The van der Waals surface area contributed by atoms with Gasteiger partial charge >= 0.3 is 0 Å². The molecular weight excluding hydrogens is 196 g/mol. The summed E-state index contributed by atoms with van der Waals surface area (Å²) in [6.45, 7) is 10.7. The Kier molecular flexibility index (Phi) is 2.98. The summed E-state index contributed by atoms with van der Waals surface area (Å²) in [7, 11) is 0. The molecule has 0 N–H and O–H groups in total. The molecule has 0 aromatic heterocycles. The molecule has 2 rings (SSSR count). The van der Waals surface area contributed by atoms with E-state index < -0.39 is 0 Å². The Morgan fingerprint density at radius 2 is 2.00 bits per heavy atom. The van der Waals surface area contributed by atoms with E-state index >= 15 is 0 Å². The van der Waals surface area contributed by atoms with Gasteiger partial charge in [0.1, 0.15) is 5.78 Å². The van der Waals surface area contributed by atoms with Crippen molar-refractivity contribution in [3.63, 3.8) is 0 Å². The van der Waals surface area contributed by atoms with E-state index in [9.17, 15) is 4.79 Å². The largest absolute Gasteiger partial charge is 0.300 e.